The van der Waals surface area contributed by atoms with E-state index >= 15 is 0 Å². The molecule has 0 rings (SSSR count). The fourth-order valence-electron chi connectivity index (χ4n) is 1.25. The highest BCUT2D eigenvalue weighted by Gasteiger charge is 2.23. The van der Waals surface area contributed by atoms with E-state index in [9.17, 15) is 4.57 Å². The summed E-state index contributed by atoms with van der Waals surface area (Å²) in [4.78, 5) is 0. The van der Waals surface area contributed by atoms with Crippen LogP contribution in [0.15, 0.2) is 11.6 Å². The molecule has 0 aromatic heterocycles. The molecule has 0 fully saturated rings. The minimum atomic E-state index is -2.98. The van der Waals surface area contributed by atoms with Gasteiger partial charge in [0.1, 0.15) is 8.07 Å². The Hall–Kier alpha value is -0.333. The Morgan fingerprint density at radius 1 is 1.22 bits per heavy atom. The third-order valence-electron chi connectivity index (χ3n) is 1.86. The highest BCUT2D eigenvalue weighted by Crippen LogP contribution is 2.49. The zero-order valence-corrected chi connectivity index (χ0v) is 14.3. The van der Waals surface area contributed by atoms with E-state index in [2.05, 4.69) is 31.1 Å². The first-order valence-electron chi connectivity index (χ1n) is 6.29. The zero-order valence-electron chi connectivity index (χ0n) is 12.4. The van der Waals surface area contributed by atoms with Crippen LogP contribution in [-0.2, 0) is 13.6 Å². The van der Waals surface area contributed by atoms with E-state index in [4.69, 9.17) is 9.05 Å². The van der Waals surface area contributed by atoms with Gasteiger partial charge in [-0.2, -0.15) is 0 Å². The molecule has 0 unspecified atom stereocenters. The monoisotopic (exact) mass is 288 g/mol. The molecular weight excluding hydrogens is 263 g/mol. The van der Waals surface area contributed by atoms with Crippen molar-refractivity contribution in [3.8, 4) is 11.5 Å². The summed E-state index contributed by atoms with van der Waals surface area (Å²) in [5, 5.41) is 0. The maximum absolute atomic E-state index is 12.3. The Kier molecular flexibility index (Phi) is 7.81. The Morgan fingerprint density at radius 2 is 1.72 bits per heavy atom. The molecule has 0 amide bonds. The molecule has 0 bridgehead atoms. The van der Waals surface area contributed by atoms with Crippen LogP contribution in [0.5, 0.6) is 0 Å². The minimum Gasteiger partial charge on any atom is -0.309 e. The summed E-state index contributed by atoms with van der Waals surface area (Å²) in [6, 6.07) is 0. The van der Waals surface area contributed by atoms with Gasteiger partial charge in [-0.25, -0.2) is 0 Å². The third-order valence-corrected chi connectivity index (χ3v) is 4.94. The number of hydrogen-bond acceptors (Lipinski definition) is 3. The van der Waals surface area contributed by atoms with Crippen LogP contribution in [0.1, 0.15) is 20.8 Å². The summed E-state index contributed by atoms with van der Waals surface area (Å²) >= 11 is 0. The summed E-state index contributed by atoms with van der Waals surface area (Å²) in [6.45, 7) is 12.9. The van der Waals surface area contributed by atoms with Gasteiger partial charge < -0.3 is 9.05 Å². The molecule has 0 atom stereocenters. The number of rotatable bonds is 6. The molecule has 0 heterocycles. The molecule has 104 valence electrons. The Balaban J connectivity index is 4.68. The smallest absolute Gasteiger partial charge is 0.309 e. The summed E-state index contributed by atoms with van der Waals surface area (Å²) < 4.78 is 22.7. The van der Waals surface area contributed by atoms with Crippen molar-refractivity contribution < 1.29 is 13.6 Å². The van der Waals surface area contributed by atoms with Gasteiger partial charge in [-0.3, -0.25) is 4.57 Å². The lowest BCUT2D eigenvalue weighted by Gasteiger charge is -2.16. The Labute approximate surface area is 112 Å². The molecule has 0 saturated carbocycles. The molecule has 0 aliphatic rings. The molecule has 0 aliphatic carbocycles. The largest absolute Gasteiger partial charge is 0.334 e. The van der Waals surface area contributed by atoms with E-state index in [-0.39, 0.29) is 0 Å². The van der Waals surface area contributed by atoms with Crippen molar-refractivity contribution in [2.75, 3.05) is 19.4 Å². The zero-order chi connectivity index (χ0) is 14.2. The second kappa shape index (κ2) is 7.96. The fraction of sp³-hybridized carbons (Fsp3) is 0.692. The first-order valence-corrected chi connectivity index (χ1v) is 11.5. The van der Waals surface area contributed by atoms with Crippen molar-refractivity contribution >= 4 is 15.7 Å². The summed E-state index contributed by atoms with van der Waals surface area (Å²) in [7, 11) is -4.33. The SMILES string of the molecule is CCOP(=O)(C/C(C)=C/C#C[Si](C)(C)C)OCC. The Bertz CT molecular complexity index is 375. The van der Waals surface area contributed by atoms with Crippen molar-refractivity contribution in [2.45, 2.75) is 40.4 Å². The molecule has 18 heavy (non-hydrogen) atoms. The van der Waals surface area contributed by atoms with Gasteiger partial charge in [0.2, 0.25) is 0 Å². The van der Waals surface area contributed by atoms with Gasteiger partial charge >= 0.3 is 7.60 Å². The van der Waals surface area contributed by atoms with Crippen molar-refractivity contribution in [3.05, 3.63) is 11.6 Å². The van der Waals surface area contributed by atoms with Gasteiger partial charge in [-0.05, 0) is 26.8 Å². The van der Waals surface area contributed by atoms with Crippen molar-refractivity contribution in [1.29, 1.82) is 0 Å². The molecule has 0 spiro atoms. The minimum absolute atomic E-state index is 0.315. The van der Waals surface area contributed by atoms with Gasteiger partial charge in [0.15, 0.2) is 0 Å². The van der Waals surface area contributed by atoms with Crippen LogP contribution in [0, 0.1) is 11.5 Å². The van der Waals surface area contributed by atoms with E-state index in [1.807, 2.05) is 26.8 Å². The van der Waals surface area contributed by atoms with E-state index in [0.29, 0.717) is 19.4 Å². The van der Waals surface area contributed by atoms with Crippen LogP contribution in [0.2, 0.25) is 19.6 Å². The highest BCUT2D eigenvalue weighted by atomic mass is 31.2. The molecular formula is C13H25O3PSi. The molecule has 0 aromatic rings. The normalized spacial score (nSPS) is 13.1. The lowest BCUT2D eigenvalue weighted by atomic mass is 10.3. The van der Waals surface area contributed by atoms with E-state index in [1.165, 1.54) is 0 Å². The van der Waals surface area contributed by atoms with Gasteiger partial charge in [-0.1, -0.05) is 31.1 Å². The molecule has 5 heteroatoms. The summed E-state index contributed by atoms with van der Waals surface area (Å²) in [5.74, 6) is 3.05. The topological polar surface area (TPSA) is 35.5 Å². The van der Waals surface area contributed by atoms with Gasteiger partial charge in [0.25, 0.3) is 0 Å². The number of hydrogen-bond donors (Lipinski definition) is 0. The van der Waals surface area contributed by atoms with E-state index in [1.54, 1.807) is 0 Å². The average Bonchev–Trinajstić information content (AvgIpc) is 2.15. The predicted molar refractivity (Wildman–Crippen MR) is 80.6 cm³/mol. The van der Waals surface area contributed by atoms with Crippen molar-refractivity contribution in [2.24, 2.45) is 0 Å². The second-order valence-electron chi connectivity index (χ2n) is 5.11. The maximum Gasteiger partial charge on any atom is 0.334 e. The van der Waals surface area contributed by atoms with Gasteiger partial charge in [0.05, 0.1) is 19.4 Å². The summed E-state index contributed by atoms with van der Waals surface area (Å²) in [5.41, 5.74) is 4.18. The fourth-order valence-corrected chi connectivity index (χ4v) is 3.50. The van der Waals surface area contributed by atoms with Crippen LogP contribution in [0.3, 0.4) is 0 Å². The quantitative estimate of drug-likeness (QED) is 0.420. The van der Waals surface area contributed by atoms with Crippen LogP contribution < -0.4 is 0 Å². The molecule has 0 aromatic carbocycles. The first-order chi connectivity index (χ1) is 8.22. The van der Waals surface area contributed by atoms with Crippen LogP contribution in [-0.4, -0.2) is 27.4 Å². The highest BCUT2D eigenvalue weighted by molar-refractivity contribution is 7.54. The standard InChI is InChI=1S/C13H25O3PSi/c1-7-15-17(14,16-8-2)12-13(3)10-9-11-18(4,5)6/h10H,7-8,12H2,1-6H3/b13-10+. The third kappa shape index (κ3) is 8.71. The van der Waals surface area contributed by atoms with Crippen LogP contribution in [0.25, 0.3) is 0 Å². The molecule has 0 saturated heterocycles. The van der Waals surface area contributed by atoms with Crippen LogP contribution in [0.4, 0.5) is 0 Å². The molecule has 3 nitrogen and oxygen atoms in total. The maximum atomic E-state index is 12.3. The van der Waals surface area contributed by atoms with Gasteiger partial charge in [-0.15, -0.1) is 5.54 Å². The summed E-state index contributed by atoms with van der Waals surface area (Å²) in [6.07, 6.45) is 2.14. The van der Waals surface area contributed by atoms with Crippen LogP contribution >= 0.6 is 7.60 Å². The van der Waals surface area contributed by atoms with E-state index < -0.39 is 15.7 Å². The molecule has 0 aliphatic heterocycles. The average molecular weight is 288 g/mol. The van der Waals surface area contributed by atoms with Crippen molar-refractivity contribution in [3.63, 3.8) is 0 Å². The van der Waals surface area contributed by atoms with Gasteiger partial charge in [0, 0.05) is 0 Å². The second-order valence-corrected chi connectivity index (χ2v) is 11.9. The lowest BCUT2D eigenvalue weighted by Crippen LogP contribution is -2.16. The van der Waals surface area contributed by atoms with Crippen molar-refractivity contribution in [1.82, 2.24) is 0 Å². The van der Waals surface area contributed by atoms with E-state index in [0.717, 1.165) is 5.57 Å². The number of allylic oxidation sites excluding steroid dienone is 2. The first kappa shape index (κ1) is 17.7. The lowest BCUT2D eigenvalue weighted by molar-refractivity contribution is 0.222. The molecule has 0 radical (unpaired) electrons. The molecule has 0 N–H and O–H groups in total. The Morgan fingerprint density at radius 3 is 2.11 bits per heavy atom. The predicted octanol–water partition coefficient (Wildman–Crippen LogP) is 4.08.